The topological polar surface area (TPSA) is 80.5 Å². The second kappa shape index (κ2) is 9.22. The molecule has 0 spiro atoms. The number of fused-ring (bicyclic) bond motifs is 2. The molecule has 1 aromatic heterocycles. The number of carbonyl (C=O) groups is 1. The van der Waals surface area contributed by atoms with Crippen LogP contribution in [0.3, 0.4) is 0 Å². The molecule has 1 aromatic rings. The maximum Gasteiger partial charge on any atom is 0.225 e. The molecule has 6 nitrogen and oxygen atoms in total. The van der Waals surface area contributed by atoms with Gasteiger partial charge in [-0.15, -0.1) is 24.8 Å². The van der Waals surface area contributed by atoms with Gasteiger partial charge < -0.3 is 20.7 Å². The van der Waals surface area contributed by atoms with Gasteiger partial charge in [0.1, 0.15) is 5.82 Å². The first kappa shape index (κ1) is 21.2. The Morgan fingerprint density at radius 3 is 2.69 bits per heavy atom. The van der Waals surface area contributed by atoms with Crippen molar-refractivity contribution in [2.75, 3.05) is 31.2 Å². The number of nitrogens with zero attached hydrogens (tertiary/aromatic N) is 2. The second-order valence-corrected chi connectivity index (χ2v) is 7.24. The zero-order valence-electron chi connectivity index (χ0n) is 14.8. The number of nitrogens with one attached hydrogen (secondary N) is 1. The summed E-state index contributed by atoms with van der Waals surface area (Å²) in [5.74, 6) is 2.10. The van der Waals surface area contributed by atoms with E-state index in [1.165, 1.54) is 6.42 Å². The van der Waals surface area contributed by atoms with E-state index in [1.807, 2.05) is 18.3 Å². The van der Waals surface area contributed by atoms with Gasteiger partial charge in [0.15, 0.2) is 0 Å². The van der Waals surface area contributed by atoms with E-state index in [-0.39, 0.29) is 42.7 Å². The van der Waals surface area contributed by atoms with Crippen LogP contribution in [0.15, 0.2) is 18.3 Å². The molecule has 0 radical (unpaired) electrons. The van der Waals surface area contributed by atoms with Crippen molar-refractivity contribution in [1.82, 2.24) is 10.3 Å². The highest BCUT2D eigenvalue weighted by Crippen LogP contribution is 2.47. The predicted octanol–water partition coefficient (Wildman–Crippen LogP) is 1.75. The van der Waals surface area contributed by atoms with Crippen molar-refractivity contribution in [2.45, 2.75) is 31.8 Å². The third-order valence-corrected chi connectivity index (χ3v) is 5.91. The molecule has 2 bridgehead atoms. The van der Waals surface area contributed by atoms with Crippen molar-refractivity contribution in [3.05, 3.63) is 23.9 Å². The molecule has 1 amide bonds. The van der Waals surface area contributed by atoms with Crippen molar-refractivity contribution in [3.63, 3.8) is 0 Å². The molecule has 8 heteroatoms. The summed E-state index contributed by atoms with van der Waals surface area (Å²) >= 11 is 0. The number of ether oxygens (including phenoxy) is 1. The molecule has 2 saturated carbocycles. The van der Waals surface area contributed by atoms with E-state index in [9.17, 15) is 4.79 Å². The number of hydrogen-bond donors (Lipinski definition) is 2. The van der Waals surface area contributed by atoms with Gasteiger partial charge in [0, 0.05) is 37.4 Å². The number of pyridine rings is 1. The molecule has 2 aliphatic carbocycles. The van der Waals surface area contributed by atoms with E-state index in [4.69, 9.17) is 10.5 Å². The lowest BCUT2D eigenvalue weighted by atomic mass is 9.84. The van der Waals surface area contributed by atoms with Crippen LogP contribution in [0.1, 0.15) is 24.8 Å². The Balaban J connectivity index is 0.00000121. The van der Waals surface area contributed by atoms with Crippen LogP contribution in [0.4, 0.5) is 5.82 Å². The first-order valence-electron chi connectivity index (χ1n) is 9.04. The lowest BCUT2D eigenvalue weighted by molar-refractivity contribution is -0.127. The summed E-state index contributed by atoms with van der Waals surface area (Å²) in [7, 11) is 0. The van der Waals surface area contributed by atoms with Crippen LogP contribution >= 0.6 is 24.8 Å². The molecule has 1 saturated heterocycles. The number of nitrogens with two attached hydrogens (primary N) is 1. The number of carbonyl (C=O) groups excluding carboxylic acids is 1. The van der Waals surface area contributed by atoms with Crippen molar-refractivity contribution in [1.29, 1.82) is 0 Å². The molecule has 4 rings (SSSR count). The van der Waals surface area contributed by atoms with Gasteiger partial charge in [0.25, 0.3) is 0 Å². The summed E-state index contributed by atoms with van der Waals surface area (Å²) in [6.45, 7) is 3.65. The van der Waals surface area contributed by atoms with E-state index >= 15 is 0 Å². The predicted molar refractivity (Wildman–Crippen MR) is 106 cm³/mol. The van der Waals surface area contributed by atoms with Crippen molar-refractivity contribution < 1.29 is 9.53 Å². The maximum absolute atomic E-state index is 12.7. The monoisotopic (exact) mass is 402 g/mol. The lowest BCUT2D eigenvalue weighted by Gasteiger charge is -2.30. The number of hydrogen-bond acceptors (Lipinski definition) is 5. The summed E-state index contributed by atoms with van der Waals surface area (Å²) in [6, 6.07) is 4.00. The number of aromatic nitrogens is 1. The summed E-state index contributed by atoms with van der Waals surface area (Å²) < 4.78 is 5.41. The molecule has 2 heterocycles. The summed E-state index contributed by atoms with van der Waals surface area (Å²) in [4.78, 5) is 19.4. The standard InChI is InChI=1S/C18H26N4O2.2ClH/c19-16-13-4-3-12(10-13)15(16)18(23)21-11-14-2-1-5-20-17(14)22-6-8-24-9-7-22;;/h1-2,5,12-13,15-16H,3-4,6-11,19H2,(H,21,23);2*1H. The van der Waals surface area contributed by atoms with Gasteiger partial charge in [-0.05, 0) is 37.2 Å². The fourth-order valence-electron chi connectivity index (χ4n) is 4.65. The van der Waals surface area contributed by atoms with Gasteiger partial charge in [-0.3, -0.25) is 4.79 Å². The fourth-order valence-corrected chi connectivity index (χ4v) is 4.65. The zero-order valence-corrected chi connectivity index (χ0v) is 16.4. The molecule has 3 N–H and O–H groups in total. The lowest BCUT2D eigenvalue weighted by Crippen LogP contribution is -2.45. The largest absolute Gasteiger partial charge is 0.378 e. The molecule has 4 unspecified atom stereocenters. The molecule has 26 heavy (non-hydrogen) atoms. The number of amides is 1. The van der Waals surface area contributed by atoms with Crippen molar-refractivity contribution in [3.8, 4) is 0 Å². The average Bonchev–Trinajstić information content (AvgIpc) is 3.22. The highest BCUT2D eigenvalue weighted by Gasteiger charge is 2.48. The SMILES string of the molecule is Cl.Cl.NC1C2CCC(C2)C1C(=O)NCc1cccnc1N1CCOCC1. The number of rotatable bonds is 4. The highest BCUT2D eigenvalue weighted by atomic mass is 35.5. The molecule has 1 aliphatic heterocycles. The van der Waals surface area contributed by atoms with Gasteiger partial charge in [0.05, 0.1) is 19.1 Å². The van der Waals surface area contributed by atoms with Gasteiger partial charge in [-0.25, -0.2) is 4.98 Å². The van der Waals surface area contributed by atoms with Crippen LogP contribution in [0.2, 0.25) is 0 Å². The zero-order chi connectivity index (χ0) is 16.5. The van der Waals surface area contributed by atoms with Crippen LogP contribution in [0.25, 0.3) is 0 Å². The number of morpholine rings is 1. The van der Waals surface area contributed by atoms with Gasteiger partial charge in [0.2, 0.25) is 5.91 Å². The normalized spacial score (nSPS) is 29.7. The molecule has 146 valence electrons. The minimum atomic E-state index is -0.00717. The molecule has 0 aromatic carbocycles. The summed E-state index contributed by atoms with van der Waals surface area (Å²) in [5.41, 5.74) is 7.35. The third kappa shape index (κ3) is 4.09. The van der Waals surface area contributed by atoms with Crippen LogP contribution in [0.5, 0.6) is 0 Å². The fraction of sp³-hybridized carbons (Fsp3) is 0.667. The Morgan fingerprint density at radius 1 is 1.27 bits per heavy atom. The average molecular weight is 403 g/mol. The first-order chi connectivity index (χ1) is 11.7. The van der Waals surface area contributed by atoms with E-state index < -0.39 is 0 Å². The molecular formula is C18H28Cl2N4O2. The number of halogens is 2. The molecule has 3 fully saturated rings. The molecule has 3 aliphatic rings. The smallest absolute Gasteiger partial charge is 0.225 e. The summed E-state index contributed by atoms with van der Waals surface area (Å²) in [5, 5.41) is 3.12. The highest BCUT2D eigenvalue weighted by molar-refractivity contribution is 5.85. The van der Waals surface area contributed by atoms with E-state index in [0.29, 0.717) is 18.4 Å². The third-order valence-electron chi connectivity index (χ3n) is 5.91. The van der Waals surface area contributed by atoms with E-state index in [0.717, 1.165) is 50.5 Å². The van der Waals surface area contributed by atoms with E-state index in [1.54, 1.807) is 0 Å². The second-order valence-electron chi connectivity index (χ2n) is 7.24. The molecular weight excluding hydrogens is 375 g/mol. The van der Waals surface area contributed by atoms with Crippen molar-refractivity contribution >= 4 is 36.5 Å². The van der Waals surface area contributed by atoms with Crippen LogP contribution in [0, 0.1) is 17.8 Å². The Kier molecular flexibility index (Phi) is 7.52. The minimum Gasteiger partial charge on any atom is -0.378 e. The summed E-state index contributed by atoms with van der Waals surface area (Å²) in [6.07, 6.45) is 5.29. The Bertz CT molecular complexity index is 611. The first-order valence-corrected chi connectivity index (χ1v) is 9.04. The van der Waals surface area contributed by atoms with Crippen LogP contribution < -0.4 is 16.0 Å². The van der Waals surface area contributed by atoms with Gasteiger partial charge in [-0.1, -0.05) is 6.07 Å². The van der Waals surface area contributed by atoms with Gasteiger partial charge >= 0.3 is 0 Å². The van der Waals surface area contributed by atoms with Crippen molar-refractivity contribution in [2.24, 2.45) is 23.5 Å². The molecule has 4 atom stereocenters. The Morgan fingerprint density at radius 2 is 2.00 bits per heavy atom. The van der Waals surface area contributed by atoms with Crippen LogP contribution in [-0.2, 0) is 16.1 Å². The minimum absolute atomic E-state index is 0. The Labute approximate surface area is 167 Å². The van der Waals surface area contributed by atoms with Crippen LogP contribution in [-0.4, -0.2) is 43.2 Å². The van der Waals surface area contributed by atoms with E-state index in [2.05, 4.69) is 15.2 Å². The Hall–Kier alpha value is -1.08. The van der Waals surface area contributed by atoms with Gasteiger partial charge in [-0.2, -0.15) is 0 Å². The maximum atomic E-state index is 12.7. The number of anilines is 1. The quantitative estimate of drug-likeness (QED) is 0.801.